The molecule has 8 nitrogen and oxygen atoms in total. The van der Waals surface area contributed by atoms with Crippen molar-refractivity contribution in [3.05, 3.63) is 65.5 Å². The molecule has 1 N–H and O–H groups in total. The topological polar surface area (TPSA) is 89.6 Å². The molecule has 0 aliphatic carbocycles. The van der Waals surface area contributed by atoms with Crippen LogP contribution in [0.4, 0.5) is 11.5 Å². The number of benzene rings is 2. The molecule has 1 atom stereocenters. The van der Waals surface area contributed by atoms with Gasteiger partial charge in [-0.05, 0) is 49.2 Å². The summed E-state index contributed by atoms with van der Waals surface area (Å²) in [5.74, 6) is 1.45. The number of hydrogen-bond donors (Lipinski definition) is 1. The summed E-state index contributed by atoms with van der Waals surface area (Å²) in [5.41, 5.74) is 4.66. The normalized spacial score (nSPS) is 15.2. The van der Waals surface area contributed by atoms with Crippen molar-refractivity contribution >= 4 is 34.1 Å². The summed E-state index contributed by atoms with van der Waals surface area (Å²) in [6.45, 7) is 5.88. The molecule has 0 bridgehead atoms. The summed E-state index contributed by atoms with van der Waals surface area (Å²) in [6.07, 6.45) is 3.64. The molecular formula is C25H25N7O. The number of aromatic nitrogens is 3. The van der Waals surface area contributed by atoms with Gasteiger partial charge in [-0.3, -0.25) is 9.20 Å². The number of rotatable bonds is 4. The highest BCUT2D eigenvalue weighted by molar-refractivity contribution is 5.94. The Labute approximate surface area is 192 Å². The van der Waals surface area contributed by atoms with E-state index in [0.717, 1.165) is 40.1 Å². The number of anilines is 2. The van der Waals surface area contributed by atoms with Crippen LogP contribution in [0.25, 0.3) is 16.7 Å². The maximum absolute atomic E-state index is 12.3. The van der Waals surface area contributed by atoms with Gasteiger partial charge < -0.3 is 15.1 Å². The lowest BCUT2D eigenvalue weighted by Crippen LogP contribution is -2.48. The van der Waals surface area contributed by atoms with Crippen molar-refractivity contribution in [1.29, 1.82) is 5.26 Å². The van der Waals surface area contributed by atoms with E-state index in [-0.39, 0.29) is 11.9 Å². The molecule has 0 saturated carbocycles. The van der Waals surface area contributed by atoms with Crippen molar-refractivity contribution < 1.29 is 4.79 Å². The lowest BCUT2D eigenvalue weighted by molar-refractivity contribution is -0.129. The molecule has 1 amide bonds. The third-order valence-electron chi connectivity index (χ3n) is 6.47. The average molecular weight is 440 g/mol. The minimum absolute atomic E-state index is 0.0692. The number of piperazine rings is 1. The molecule has 2 aromatic carbocycles. The maximum Gasteiger partial charge on any atom is 0.241 e. The van der Waals surface area contributed by atoms with Crippen LogP contribution in [0.15, 0.2) is 48.8 Å². The highest BCUT2D eigenvalue weighted by Crippen LogP contribution is 2.31. The first-order valence-electron chi connectivity index (χ1n) is 11.0. The Kier molecular flexibility index (Phi) is 5.09. The molecule has 1 saturated heterocycles. The molecule has 1 aliphatic heterocycles. The van der Waals surface area contributed by atoms with Gasteiger partial charge in [-0.15, -0.1) is 0 Å². The molecule has 2 aromatic heterocycles. The fourth-order valence-corrected chi connectivity index (χ4v) is 4.46. The molecule has 1 unspecified atom stereocenters. The van der Waals surface area contributed by atoms with E-state index in [1.165, 1.54) is 0 Å². The number of carbonyl (C=O) groups is 1. The Morgan fingerprint density at radius 2 is 2.06 bits per heavy atom. The van der Waals surface area contributed by atoms with Gasteiger partial charge in [0.2, 0.25) is 11.7 Å². The predicted molar refractivity (Wildman–Crippen MR) is 128 cm³/mol. The number of hydrogen-bond acceptors (Lipinski definition) is 6. The van der Waals surface area contributed by atoms with Gasteiger partial charge in [-0.2, -0.15) is 10.2 Å². The van der Waals surface area contributed by atoms with Crippen molar-refractivity contribution in [2.45, 2.75) is 19.9 Å². The SMILES string of the molecule is Cc1c(C#N)cccc1C(C)Nc1nc2nccn2c2ccc(N3CCN(C)C(=O)C3)cc12. The third kappa shape index (κ3) is 3.61. The van der Waals surface area contributed by atoms with E-state index in [4.69, 9.17) is 4.98 Å². The Bertz CT molecular complexity index is 1420. The summed E-state index contributed by atoms with van der Waals surface area (Å²) >= 11 is 0. The quantitative estimate of drug-likeness (QED) is 0.523. The Morgan fingerprint density at radius 3 is 2.85 bits per heavy atom. The van der Waals surface area contributed by atoms with E-state index in [2.05, 4.69) is 40.3 Å². The van der Waals surface area contributed by atoms with E-state index in [1.807, 2.05) is 48.8 Å². The zero-order valence-electron chi connectivity index (χ0n) is 18.9. The van der Waals surface area contributed by atoms with Gasteiger partial charge >= 0.3 is 0 Å². The Morgan fingerprint density at radius 1 is 1.21 bits per heavy atom. The number of amides is 1. The molecule has 0 radical (unpaired) electrons. The van der Waals surface area contributed by atoms with E-state index < -0.39 is 0 Å². The van der Waals surface area contributed by atoms with Gasteiger partial charge in [0.1, 0.15) is 5.82 Å². The molecule has 1 fully saturated rings. The largest absolute Gasteiger partial charge is 0.363 e. The number of fused-ring (bicyclic) bond motifs is 3. The number of nitrogens with one attached hydrogen (secondary N) is 1. The van der Waals surface area contributed by atoms with Crippen LogP contribution in [0, 0.1) is 18.3 Å². The molecule has 166 valence electrons. The van der Waals surface area contributed by atoms with Crippen molar-refractivity contribution in [2.75, 3.05) is 36.9 Å². The van der Waals surface area contributed by atoms with Crippen LogP contribution < -0.4 is 10.2 Å². The summed E-state index contributed by atoms with van der Waals surface area (Å²) in [7, 11) is 1.84. The van der Waals surface area contributed by atoms with E-state index in [0.29, 0.717) is 24.4 Å². The smallest absolute Gasteiger partial charge is 0.241 e. The summed E-state index contributed by atoms with van der Waals surface area (Å²) < 4.78 is 1.96. The number of nitriles is 1. The Balaban J connectivity index is 1.58. The predicted octanol–water partition coefficient (Wildman–Crippen LogP) is 3.51. The van der Waals surface area contributed by atoms with Crippen LogP contribution >= 0.6 is 0 Å². The summed E-state index contributed by atoms with van der Waals surface area (Å²) in [4.78, 5) is 25.3. The van der Waals surface area contributed by atoms with E-state index in [9.17, 15) is 10.1 Å². The first-order chi connectivity index (χ1) is 16.0. The number of likely N-dealkylation sites (N-methyl/N-ethyl adjacent to an activating group) is 1. The zero-order valence-corrected chi connectivity index (χ0v) is 18.9. The van der Waals surface area contributed by atoms with Gasteiger partial charge in [-0.1, -0.05) is 12.1 Å². The summed E-state index contributed by atoms with van der Waals surface area (Å²) in [6, 6.07) is 14.2. The van der Waals surface area contributed by atoms with E-state index in [1.54, 1.807) is 11.1 Å². The molecule has 0 spiro atoms. The molecule has 5 rings (SSSR count). The molecule has 3 heterocycles. The van der Waals surface area contributed by atoms with Crippen molar-refractivity contribution in [3.63, 3.8) is 0 Å². The molecule has 8 heteroatoms. The summed E-state index contributed by atoms with van der Waals surface area (Å²) in [5, 5.41) is 13.9. The first-order valence-corrected chi connectivity index (χ1v) is 11.0. The number of imidazole rings is 1. The van der Waals surface area contributed by atoms with Crippen molar-refractivity contribution in [2.24, 2.45) is 0 Å². The highest BCUT2D eigenvalue weighted by Gasteiger charge is 2.22. The van der Waals surface area contributed by atoms with Crippen LogP contribution in [-0.2, 0) is 4.79 Å². The second-order valence-corrected chi connectivity index (χ2v) is 8.49. The third-order valence-corrected chi connectivity index (χ3v) is 6.47. The van der Waals surface area contributed by atoms with Crippen LogP contribution in [0.5, 0.6) is 0 Å². The Hall–Kier alpha value is -4.12. The molecule has 1 aliphatic rings. The van der Waals surface area contributed by atoms with Crippen molar-refractivity contribution in [3.8, 4) is 6.07 Å². The number of nitrogens with zero attached hydrogens (tertiary/aromatic N) is 6. The van der Waals surface area contributed by atoms with E-state index >= 15 is 0 Å². The van der Waals surface area contributed by atoms with Gasteiger partial charge in [0, 0.05) is 43.6 Å². The molecule has 4 aromatic rings. The lowest BCUT2D eigenvalue weighted by Gasteiger charge is -2.33. The monoisotopic (exact) mass is 439 g/mol. The fraction of sp³-hybridized carbons (Fsp3) is 0.280. The zero-order chi connectivity index (χ0) is 23.1. The standard InChI is InChI=1S/C25H25N7O/c1-16-18(14-26)5-4-6-20(16)17(2)28-24-21-13-19(31-12-11-30(3)23(33)15-31)7-8-22(21)32-10-9-27-25(32)29-24/h4-10,13,17H,11-12,15H2,1-3H3,(H,27,28,29). The van der Waals surface area contributed by atoms with Crippen LogP contribution in [0.1, 0.15) is 29.7 Å². The second kappa shape index (κ2) is 8.10. The highest BCUT2D eigenvalue weighted by atomic mass is 16.2. The van der Waals surface area contributed by atoms with Crippen LogP contribution in [0.2, 0.25) is 0 Å². The molecular weight excluding hydrogens is 414 g/mol. The van der Waals surface area contributed by atoms with Gasteiger partial charge in [0.05, 0.1) is 29.7 Å². The van der Waals surface area contributed by atoms with Gasteiger partial charge in [-0.25, -0.2) is 4.98 Å². The lowest BCUT2D eigenvalue weighted by atomic mass is 9.98. The second-order valence-electron chi connectivity index (χ2n) is 8.49. The van der Waals surface area contributed by atoms with Crippen LogP contribution in [0.3, 0.4) is 0 Å². The van der Waals surface area contributed by atoms with Crippen molar-refractivity contribution in [1.82, 2.24) is 19.3 Å². The maximum atomic E-state index is 12.3. The molecule has 33 heavy (non-hydrogen) atoms. The minimum Gasteiger partial charge on any atom is -0.363 e. The average Bonchev–Trinajstić information content (AvgIpc) is 3.29. The number of carbonyl (C=O) groups excluding carboxylic acids is 1. The van der Waals surface area contributed by atoms with Gasteiger partial charge in [0.15, 0.2) is 0 Å². The minimum atomic E-state index is -0.0692. The fourth-order valence-electron chi connectivity index (χ4n) is 4.46. The van der Waals surface area contributed by atoms with Crippen LogP contribution in [-0.4, -0.2) is 51.9 Å². The first kappa shape index (κ1) is 20.8. The van der Waals surface area contributed by atoms with Gasteiger partial charge in [0.25, 0.3) is 0 Å².